The van der Waals surface area contributed by atoms with Gasteiger partial charge < -0.3 is 9.18 Å². The molecule has 0 saturated carbocycles. The number of hydroxylamine groups is 1. The summed E-state index contributed by atoms with van der Waals surface area (Å²) in [5.41, 5.74) is 4.24. The van der Waals surface area contributed by atoms with Crippen LogP contribution < -0.4 is 5.48 Å². The maximum Gasteiger partial charge on any atom is 0.211 e. The molecule has 0 aromatic carbocycles. The maximum atomic E-state index is 5.65. The molecule has 5 heteroatoms. The van der Waals surface area contributed by atoms with E-state index in [9.17, 15) is 0 Å². The van der Waals surface area contributed by atoms with Gasteiger partial charge in [0.05, 0.1) is 6.04 Å². The van der Waals surface area contributed by atoms with Gasteiger partial charge in [-0.2, -0.15) is 0 Å². The smallest absolute Gasteiger partial charge is 0.211 e. The minimum Gasteiger partial charge on any atom is -0.345 e. The lowest BCUT2D eigenvalue weighted by Gasteiger charge is -2.23. The number of nitrogens with zero attached hydrogens (tertiary/aromatic N) is 1. The minimum atomic E-state index is -1.48. The topological polar surface area (TPSA) is 33.6 Å². The van der Waals surface area contributed by atoms with Crippen LogP contribution in [0.1, 0.15) is 13.8 Å². The van der Waals surface area contributed by atoms with E-state index in [-0.39, 0.29) is 6.04 Å². The first-order chi connectivity index (χ1) is 6.51. The third-order valence-electron chi connectivity index (χ3n) is 1.68. The summed E-state index contributed by atoms with van der Waals surface area (Å²) in [5.74, 6) is 0. The largest absolute Gasteiger partial charge is 0.345 e. The van der Waals surface area contributed by atoms with Gasteiger partial charge in [0.15, 0.2) is 8.24 Å². The molecule has 0 fully saturated rings. The zero-order chi connectivity index (χ0) is 12.3. The third kappa shape index (κ3) is 8.98. The number of rotatable bonds is 5. The average molecular weight is 247 g/mol. The number of nitrogens with one attached hydrogen (secondary N) is 1. The van der Waals surface area contributed by atoms with E-state index in [4.69, 9.17) is 9.18 Å². The van der Waals surface area contributed by atoms with Crippen LogP contribution in [-0.4, -0.2) is 28.3 Å². The van der Waals surface area contributed by atoms with Crippen molar-refractivity contribution in [3.8, 4) is 0 Å². The highest BCUT2D eigenvalue weighted by Crippen LogP contribution is 2.05. The molecule has 0 aromatic rings. The first-order valence-corrected chi connectivity index (χ1v) is 12.4. The first kappa shape index (κ1) is 15.0. The molecule has 1 atom stereocenters. The SMILES string of the molecule is CC(=N[Si](C)(C)C)C(C)NO[Si](C)(C)C. The highest BCUT2D eigenvalue weighted by atomic mass is 28.4. The van der Waals surface area contributed by atoms with Gasteiger partial charge in [-0.15, -0.1) is 0 Å². The zero-order valence-corrected chi connectivity index (χ0v) is 13.4. The van der Waals surface area contributed by atoms with Crippen molar-refractivity contribution in [1.29, 1.82) is 0 Å². The van der Waals surface area contributed by atoms with E-state index in [0.717, 1.165) is 5.71 Å². The van der Waals surface area contributed by atoms with Crippen molar-refractivity contribution in [2.24, 2.45) is 4.66 Å². The summed E-state index contributed by atoms with van der Waals surface area (Å²) < 4.78 is 10.4. The lowest BCUT2D eigenvalue weighted by molar-refractivity contribution is 0.176. The quantitative estimate of drug-likeness (QED) is 0.459. The van der Waals surface area contributed by atoms with Crippen molar-refractivity contribution in [3.63, 3.8) is 0 Å². The molecule has 0 spiro atoms. The second kappa shape index (κ2) is 5.38. The van der Waals surface area contributed by atoms with Crippen LogP contribution in [0.3, 0.4) is 0 Å². The molecule has 0 aliphatic rings. The third-order valence-corrected chi connectivity index (χ3v) is 3.43. The Hall–Kier alpha value is 0.0238. The van der Waals surface area contributed by atoms with Crippen LogP contribution >= 0.6 is 0 Å². The van der Waals surface area contributed by atoms with Crippen LogP contribution in [0.25, 0.3) is 0 Å². The van der Waals surface area contributed by atoms with Crippen LogP contribution in [-0.2, 0) is 4.53 Å². The van der Waals surface area contributed by atoms with Gasteiger partial charge in [-0.25, -0.2) is 5.48 Å². The van der Waals surface area contributed by atoms with E-state index < -0.39 is 16.6 Å². The Bertz CT molecular complexity index is 229. The molecule has 0 saturated heterocycles. The second-order valence-electron chi connectivity index (χ2n) is 5.98. The molecule has 0 aliphatic heterocycles. The average Bonchev–Trinajstić information content (AvgIpc) is 1.95. The predicted molar refractivity (Wildman–Crippen MR) is 73.5 cm³/mol. The van der Waals surface area contributed by atoms with Gasteiger partial charge in [0.25, 0.3) is 0 Å². The summed E-state index contributed by atoms with van der Waals surface area (Å²) in [6.07, 6.45) is 0. The summed E-state index contributed by atoms with van der Waals surface area (Å²) in [5, 5.41) is 0. The van der Waals surface area contributed by atoms with Crippen molar-refractivity contribution in [2.45, 2.75) is 59.2 Å². The standard InChI is InChI=1S/C10H26N2OSi2/c1-9(11-13-15(6,7)8)10(2)12-14(3,4)5/h9,11H,1-8H3. The summed E-state index contributed by atoms with van der Waals surface area (Å²) in [6, 6.07) is 0.212. The van der Waals surface area contributed by atoms with E-state index >= 15 is 0 Å². The predicted octanol–water partition coefficient (Wildman–Crippen LogP) is 3.03. The van der Waals surface area contributed by atoms with Crippen molar-refractivity contribution in [3.05, 3.63) is 0 Å². The fourth-order valence-electron chi connectivity index (χ4n) is 0.976. The van der Waals surface area contributed by atoms with Gasteiger partial charge in [0, 0.05) is 5.71 Å². The fourth-order valence-corrected chi connectivity index (χ4v) is 2.76. The molecule has 0 radical (unpaired) electrons. The molecule has 0 amide bonds. The summed E-state index contributed by atoms with van der Waals surface area (Å²) in [7, 11) is -2.83. The van der Waals surface area contributed by atoms with E-state index in [1.165, 1.54) is 0 Å². The van der Waals surface area contributed by atoms with E-state index in [1.54, 1.807) is 0 Å². The lowest BCUT2D eigenvalue weighted by atomic mass is 10.2. The highest BCUT2D eigenvalue weighted by molar-refractivity contribution is 6.75. The minimum absolute atomic E-state index is 0.212. The fraction of sp³-hybridized carbons (Fsp3) is 0.900. The van der Waals surface area contributed by atoms with E-state index in [2.05, 4.69) is 58.6 Å². The van der Waals surface area contributed by atoms with Crippen molar-refractivity contribution >= 4 is 22.3 Å². The molecule has 90 valence electrons. The Morgan fingerprint density at radius 3 is 1.93 bits per heavy atom. The molecular weight excluding hydrogens is 220 g/mol. The molecular formula is C10H26N2OSi2. The summed E-state index contributed by atoms with van der Waals surface area (Å²) in [4.78, 5) is 0. The van der Waals surface area contributed by atoms with Gasteiger partial charge in [0.2, 0.25) is 8.32 Å². The Labute approximate surface area is 96.5 Å². The van der Waals surface area contributed by atoms with Gasteiger partial charge in [-0.05, 0) is 53.1 Å². The molecule has 0 aromatic heterocycles. The summed E-state index contributed by atoms with van der Waals surface area (Å²) >= 11 is 0. The Balaban J connectivity index is 4.23. The van der Waals surface area contributed by atoms with Crippen LogP contribution in [0.15, 0.2) is 4.66 Å². The zero-order valence-electron chi connectivity index (χ0n) is 11.4. The Morgan fingerprint density at radius 2 is 1.60 bits per heavy atom. The van der Waals surface area contributed by atoms with Gasteiger partial charge >= 0.3 is 0 Å². The van der Waals surface area contributed by atoms with Gasteiger partial charge in [-0.3, -0.25) is 0 Å². The van der Waals surface area contributed by atoms with Crippen LogP contribution in [0, 0.1) is 0 Å². The molecule has 15 heavy (non-hydrogen) atoms. The molecule has 3 nitrogen and oxygen atoms in total. The van der Waals surface area contributed by atoms with Crippen molar-refractivity contribution in [1.82, 2.24) is 5.48 Å². The highest BCUT2D eigenvalue weighted by Gasteiger charge is 2.18. The van der Waals surface area contributed by atoms with Crippen LogP contribution in [0.5, 0.6) is 0 Å². The monoisotopic (exact) mass is 246 g/mol. The molecule has 0 rings (SSSR count). The molecule has 1 N–H and O–H groups in total. The Morgan fingerprint density at radius 1 is 1.13 bits per heavy atom. The van der Waals surface area contributed by atoms with E-state index in [0.29, 0.717) is 0 Å². The second-order valence-corrected chi connectivity index (χ2v) is 15.0. The van der Waals surface area contributed by atoms with Gasteiger partial charge in [-0.1, -0.05) is 0 Å². The van der Waals surface area contributed by atoms with Crippen LogP contribution in [0.4, 0.5) is 0 Å². The molecule has 0 bridgehead atoms. The first-order valence-electron chi connectivity index (χ1n) is 5.51. The van der Waals surface area contributed by atoms with E-state index in [1.807, 2.05) is 0 Å². The van der Waals surface area contributed by atoms with Crippen molar-refractivity contribution < 1.29 is 4.53 Å². The van der Waals surface area contributed by atoms with Crippen molar-refractivity contribution in [2.75, 3.05) is 0 Å². The Kier molecular flexibility index (Phi) is 5.39. The molecule has 0 heterocycles. The number of hydrogen-bond acceptors (Lipinski definition) is 3. The summed E-state index contributed by atoms with van der Waals surface area (Å²) in [6.45, 7) is 17.4. The normalized spacial score (nSPS) is 16.7. The van der Waals surface area contributed by atoms with Gasteiger partial charge in [0.1, 0.15) is 0 Å². The van der Waals surface area contributed by atoms with Crippen LogP contribution in [0.2, 0.25) is 39.3 Å². The molecule has 0 aliphatic carbocycles. The lowest BCUT2D eigenvalue weighted by Crippen LogP contribution is -2.42. The molecule has 1 unspecified atom stereocenters. The number of hydrogen-bond donors (Lipinski definition) is 1. The maximum absolute atomic E-state index is 5.65.